The van der Waals surface area contributed by atoms with Crippen LogP contribution in [0.3, 0.4) is 0 Å². The molecule has 684 valence electrons. The Hall–Kier alpha value is -15.8. The first-order chi connectivity index (χ1) is 63.5. The first kappa shape index (κ1) is 100.0. The first-order valence-electron chi connectivity index (χ1n) is 39.9. The van der Waals surface area contributed by atoms with Crippen LogP contribution >= 0.6 is 0 Å². The average Bonchev–Trinajstić information content (AvgIpc) is 0.826. The zero-order chi connectivity index (χ0) is 95.2. The third kappa shape index (κ3) is 31.3. The largest absolute Gasteiger partial charge is 0.488 e. The normalized spacial score (nSPS) is 10.9. The third-order valence-electron chi connectivity index (χ3n) is 17.9. The van der Waals surface area contributed by atoms with Gasteiger partial charge in [0, 0.05) is 104 Å². The second-order valence-electron chi connectivity index (χ2n) is 28.3. The fourth-order valence-corrected chi connectivity index (χ4v) is 11.1. The van der Waals surface area contributed by atoms with Crippen molar-refractivity contribution in [2.45, 2.75) is 39.4 Å². The van der Waals surface area contributed by atoms with E-state index in [1.165, 1.54) is 77.0 Å². The number of allylic oxidation sites excluding steroid dienone is 4. The lowest BCUT2D eigenvalue weighted by Gasteiger charge is -2.13. The lowest BCUT2D eigenvalue weighted by Crippen LogP contribution is -2.06. The van der Waals surface area contributed by atoms with Crippen LogP contribution in [-0.2, 0) is 25.4 Å². The molecule has 12 aromatic rings. The van der Waals surface area contributed by atoms with Crippen molar-refractivity contribution in [2.75, 3.05) is 124 Å². The highest BCUT2D eigenvalue weighted by Crippen LogP contribution is 2.33. The van der Waals surface area contributed by atoms with Crippen molar-refractivity contribution in [3.8, 4) is 35.1 Å². The van der Waals surface area contributed by atoms with Crippen molar-refractivity contribution < 1.29 is 88.0 Å². The number of aromatic nitrogens is 8. The molecule has 0 aliphatic carbocycles. The smallest absolute Gasteiger partial charge is 0.229 e. The number of nitrogens with one attached hydrogen (secondary N) is 8. The summed E-state index contributed by atoms with van der Waals surface area (Å²) in [5.74, 6) is -4.85. The number of benzene rings is 8. The number of carbonyl (C=O) groups excluding carboxylic acids is 1. The van der Waals surface area contributed by atoms with Gasteiger partial charge in [-0.15, -0.1) is 0 Å². The Morgan fingerprint density at radius 2 is 0.682 bits per heavy atom. The van der Waals surface area contributed by atoms with Gasteiger partial charge < -0.3 is 90.6 Å². The maximum absolute atomic E-state index is 14.3. The molecule has 0 saturated carbocycles. The number of anilines is 16. The molecule has 10 N–H and O–H groups in total. The Morgan fingerprint density at radius 3 is 1.00 bits per heavy atom. The number of nitrogens with zero attached hydrogens (tertiary/aromatic N) is 10. The molecule has 8 aromatic carbocycles. The van der Waals surface area contributed by atoms with E-state index in [0.717, 1.165) is 47.1 Å². The average molecular weight is 1810 g/mol. The predicted molar refractivity (Wildman–Crippen MR) is 486 cm³/mol. The molecule has 2 atom stereocenters. The van der Waals surface area contributed by atoms with Crippen molar-refractivity contribution in [1.82, 2.24) is 39.9 Å². The van der Waals surface area contributed by atoms with Crippen LogP contribution in [0.2, 0.25) is 0 Å². The van der Waals surface area contributed by atoms with Crippen LogP contribution in [0.1, 0.15) is 60.0 Å². The summed E-state index contributed by atoms with van der Waals surface area (Å²) in [5.41, 5.74) is 8.68. The molecular weight excluding hydrogens is 1720 g/mol. The van der Waals surface area contributed by atoms with Crippen LogP contribution in [0.4, 0.5) is 128 Å². The van der Waals surface area contributed by atoms with Crippen LogP contribution < -0.4 is 61.5 Å². The zero-order valence-corrected chi connectivity index (χ0v) is 72.5. The van der Waals surface area contributed by atoms with E-state index in [9.17, 15) is 50.1 Å². The minimum Gasteiger partial charge on any atom is -0.488 e. The van der Waals surface area contributed by atoms with Gasteiger partial charge in [-0.05, 0) is 165 Å². The molecule has 0 bridgehead atoms. The Labute approximate surface area is 755 Å². The summed E-state index contributed by atoms with van der Waals surface area (Å²) in [6.07, 6.45) is 3.88. The molecule has 4 aromatic heterocycles. The molecular formula is C95H92F8N18O11. The van der Waals surface area contributed by atoms with Crippen LogP contribution in [0, 0.1) is 69.2 Å². The molecule has 4 heterocycles. The highest BCUT2D eigenvalue weighted by atomic mass is 19.2. The summed E-state index contributed by atoms with van der Waals surface area (Å²) < 4.78 is 155. The summed E-state index contributed by atoms with van der Waals surface area (Å²) in [5, 5.41) is 60.7. The molecule has 0 fully saturated rings. The van der Waals surface area contributed by atoms with Crippen molar-refractivity contribution in [3.05, 3.63) is 324 Å². The molecule has 0 amide bonds. The van der Waals surface area contributed by atoms with E-state index in [2.05, 4.69) is 109 Å². The Balaban J connectivity index is 0.000000198. The summed E-state index contributed by atoms with van der Waals surface area (Å²) in [6.45, 7) is 22.7. The van der Waals surface area contributed by atoms with Gasteiger partial charge in [-0.3, -0.25) is 4.79 Å². The topological polar surface area (TPSA) is 378 Å². The van der Waals surface area contributed by atoms with Crippen LogP contribution in [0.5, 0.6) is 23.0 Å². The monoisotopic (exact) mass is 1810 g/mol. The van der Waals surface area contributed by atoms with Gasteiger partial charge in [0.15, 0.2) is 98.6 Å². The molecule has 12 rings (SSSR count). The number of hydrogen-bond donors (Lipinski definition) is 10. The molecule has 0 saturated heterocycles. The quantitative estimate of drug-likeness (QED) is 0.00425. The van der Waals surface area contributed by atoms with Gasteiger partial charge in [0.1, 0.15) is 38.6 Å². The number of methoxy groups -OCH3 is 4. The maximum atomic E-state index is 14.3. The van der Waals surface area contributed by atoms with E-state index in [1.807, 2.05) is 39.0 Å². The molecule has 0 radical (unpaired) electrons. The second kappa shape index (κ2) is 50.7. The lowest BCUT2D eigenvalue weighted by molar-refractivity contribution is 0.104. The molecule has 2 unspecified atom stereocenters. The van der Waals surface area contributed by atoms with Crippen LogP contribution in [0.25, 0.3) is 0 Å². The van der Waals surface area contributed by atoms with Crippen molar-refractivity contribution in [3.63, 3.8) is 0 Å². The fraction of sp³-hybridized carbons (Fsp3) is 0.189. The van der Waals surface area contributed by atoms with Gasteiger partial charge in [0.2, 0.25) is 23.8 Å². The van der Waals surface area contributed by atoms with Gasteiger partial charge in [-0.25, -0.2) is 55.1 Å². The minimum absolute atomic E-state index is 0.0108. The van der Waals surface area contributed by atoms with Gasteiger partial charge in [-0.1, -0.05) is 73.9 Å². The van der Waals surface area contributed by atoms with E-state index in [4.69, 9.17) is 48.4 Å². The molecule has 0 aliphatic heterocycles. The van der Waals surface area contributed by atoms with Gasteiger partial charge in [0.05, 0.1) is 74.5 Å². The summed E-state index contributed by atoms with van der Waals surface area (Å²) in [6, 6.07) is 47.5. The van der Waals surface area contributed by atoms with E-state index >= 15 is 0 Å². The number of aliphatic hydroxyl groups excluding tert-OH is 2. The molecule has 0 spiro atoms. The van der Waals surface area contributed by atoms with Crippen molar-refractivity contribution >= 4 is 98.3 Å². The molecule has 37 heteroatoms. The summed E-state index contributed by atoms with van der Waals surface area (Å²) in [7, 11) is 6.10. The van der Waals surface area contributed by atoms with Gasteiger partial charge in [0.25, 0.3) is 0 Å². The number of nitriles is 2. The number of ether oxygens (including phenoxy) is 8. The third-order valence-corrected chi connectivity index (χ3v) is 17.9. The Kier molecular flexibility index (Phi) is 38.4. The Bertz CT molecular complexity index is 6110. The predicted octanol–water partition coefficient (Wildman–Crippen LogP) is 20.1. The molecule has 0 aliphatic rings. The highest BCUT2D eigenvalue weighted by molar-refractivity contribution is 6.05. The molecule has 29 nitrogen and oxygen atoms in total. The Morgan fingerprint density at radius 1 is 0.379 bits per heavy atom. The maximum Gasteiger partial charge on any atom is 0.229 e. The molecule has 132 heavy (non-hydrogen) atoms. The number of aliphatic hydroxyl groups is 2. The number of hydrogen-bond acceptors (Lipinski definition) is 29. The van der Waals surface area contributed by atoms with Crippen molar-refractivity contribution in [1.29, 1.82) is 10.5 Å². The fourth-order valence-electron chi connectivity index (χ4n) is 11.1. The van der Waals surface area contributed by atoms with Crippen LogP contribution in [0.15, 0.2) is 255 Å². The van der Waals surface area contributed by atoms with Gasteiger partial charge >= 0.3 is 0 Å². The first-order valence-corrected chi connectivity index (χ1v) is 39.9. The van der Waals surface area contributed by atoms with E-state index in [-0.39, 0.29) is 113 Å². The standard InChI is InChI=1S/C25H26F2N4O2.C24H24F2N4O3.2C23H21F2N5O3/c1-16(2)17(3)12-18-6-5-7-19(13-18)29-24-22(27)15-28-25(31-24)30-20-8-9-23(21(26)14-20)33-11-10-32-4;1-15(2)12-21(31)16-4-6-17(7-5-16)28-23-20(26)14-27-24(30-23)29-18-8-9-22(19(25)13-18)33-11-10-32-3;1-14(12-26)21(31)15-3-5-16(6-4-15)28-22-19(25)13-27-23(30-22)29-17-7-8-20(18(24)11-17)33-10-9-32-2;1-14(12-26)21(31)15-4-3-5-16(10-15)28-22-19(25)13-27-23(30-22)29-17-6-7-20(18(24)11-17)33-9-8-32-2/h5-9,13-15H,1,3,10-12H2,2,4H3,(H2,28,29,30,31);4-9,12-14H,10-11H2,1-3H3,(H2,27,28,29,30);3-8,11,13,21,31H,1,9-10H2,2H3,(H2,27,28,29,30);3-7,10-11,13,21,31H,1,8-9H2,2H3,(H2,27,28,29,30). The highest BCUT2D eigenvalue weighted by Gasteiger charge is 2.20. The minimum atomic E-state index is -1.18. The number of halogens is 8. The summed E-state index contributed by atoms with van der Waals surface area (Å²) >= 11 is 0. The van der Waals surface area contributed by atoms with Crippen molar-refractivity contribution in [2.24, 2.45) is 0 Å². The van der Waals surface area contributed by atoms with E-state index < -0.39 is 58.7 Å². The number of carbonyl (C=O) groups is 1. The van der Waals surface area contributed by atoms with E-state index in [1.54, 1.807) is 121 Å². The number of rotatable bonds is 41. The lowest BCUT2D eigenvalue weighted by atomic mass is 10.0. The van der Waals surface area contributed by atoms with E-state index in [0.29, 0.717) is 95.0 Å². The zero-order valence-electron chi connectivity index (χ0n) is 72.5. The second-order valence-corrected chi connectivity index (χ2v) is 28.3. The summed E-state index contributed by atoms with van der Waals surface area (Å²) in [4.78, 5) is 44.1. The number of ketones is 1. The van der Waals surface area contributed by atoms with Gasteiger partial charge in [-0.2, -0.15) is 30.5 Å². The van der Waals surface area contributed by atoms with Crippen LogP contribution in [-0.4, -0.2) is 137 Å². The SMILES string of the molecule is C=C(C#N)C(O)c1ccc(Nc2nc(Nc3ccc(OCCOC)c(F)c3)ncc2F)cc1.C=C(C#N)C(O)c1cccc(Nc2nc(Nc3ccc(OCCOC)c(F)c3)ncc2F)c1.C=C(C)C(=C)Cc1cccc(Nc2nc(Nc3ccc(OCCOC)c(F)c3)ncc2F)c1.COCCOc1ccc(Nc2ncc(F)c(Nc3ccc(C(=O)C=C(C)C)cc3)n2)cc1F.